The molecule has 40 heavy (non-hydrogen) atoms. The molecule has 208 valence electrons. The van der Waals surface area contributed by atoms with E-state index < -0.39 is 58.5 Å². The van der Waals surface area contributed by atoms with E-state index >= 15 is 0 Å². The Labute approximate surface area is 250 Å². The van der Waals surface area contributed by atoms with Crippen LogP contribution in [0.5, 0.6) is 11.5 Å². The van der Waals surface area contributed by atoms with Gasteiger partial charge >= 0.3 is 0 Å². The van der Waals surface area contributed by atoms with Gasteiger partial charge in [-0.25, -0.2) is 9.29 Å². The van der Waals surface area contributed by atoms with Crippen LogP contribution in [0.25, 0.3) is 0 Å². The number of methoxy groups -OCH3 is 1. The molecule has 8 nitrogen and oxygen atoms in total. The number of allylic oxidation sites excluding steroid dienone is 2. The predicted octanol–water partition coefficient (Wildman–Crippen LogP) is 5.24. The summed E-state index contributed by atoms with van der Waals surface area (Å²) >= 11 is 13.0. The van der Waals surface area contributed by atoms with E-state index in [1.54, 1.807) is 13.0 Å². The Morgan fingerprint density at radius 3 is 2.52 bits per heavy atom. The van der Waals surface area contributed by atoms with Crippen LogP contribution in [-0.2, 0) is 19.2 Å². The molecule has 3 fully saturated rings. The molecule has 2 aromatic carbocycles. The van der Waals surface area contributed by atoms with E-state index in [1.807, 2.05) is 6.08 Å². The summed E-state index contributed by atoms with van der Waals surface area (Å²) in [5, 5.41) is 12.8. The van der Waals surface area contributed by atoms with Crippen molar-refractivity contribution in [3.63, 3.8) is 0 Å². The first-order valence-corrected chi connectivity index (χ1v) is 14.5. The maximum absolute atomic E-state index is 14.4. The van der Waals surface area contributed by atoms with Gasteiger partial charge in [-0.15, -0.1) is 0 Å². The number of aromatic hydroxyl groups is 1. The molecular formula is C28H22Br2ClFN2O6. The van der Waals surface area contributed by atoms with Gasteiger partial charge in [0.2, 0.25) is 23.6 Å². The van der Waals surface area contributed by atoms with Crippen molar-refractivity contribution < 1.29 is 33.4 Å². The number of carbonyl (C=O) groups excluding carboxylic acids is 4. The summed E-state index contributed by atoms with van der Waals surface area (Å²) in [6.45, 7) is 1.72. The Kier molecular flexibility index (Phi) is 6.43. The molecule has 2 saturated heterocycles. The number of amides is 4. The van der Waals surface area contributed by atoms with Crippen molar-refractivity contribution in [2.75, 3.05) is 12.0 Å². The minimum absolute atomic E-state index is 0.142. The molecular weight excluding hydrogens is 675 g/mol. The largest absolute Gasteiger partial charge is 0.503 e. The fraction of sp³-hybridized carbons (Fsp3) is 0.357. The van der Waals surface area contributed by atoms with E-state index in [-0.39, 0.29) is 34.5 Å². The molecule has 12 heteroatoms. The Balaban J connectivity index is 1.59. The van der Waals surface area contributed by atoms with Crippen LogP contribution < -0.4 is 15.0 Å². The normalized spacial score (nSPS) is 31.0. The number of hydrogen-bond donors (Lipinski definition) is 2. The predicted molar refractivity (Wildman–Crippen MR) is 149 cm³/mol. The number of hydrogen-bond acceptors (Lipinski definition) is 6. The zero-order valence-electron chi connectivity index (χ0n) is 21.1. The molecule has 0 radical (unpaired) electrons. The third-order valence-electron chi connectivity index (χ3n) is 8.98. The van der Waals surface area contributed by atoms with Crippen molar-refractivity contribution in [1.82, 2.24) is 5.32 Å². The highest BCUT2D eigenvalue weighted by Crippen LogP contribution is 2.64. The van der Waals surface area contributed by atoms with E-state index in [0.29, 0.717) is 20.9 Å². The van der Waals surface area contributed by atoms with Crippen LogP contribution in [0.15, 0.2) is 44.9 Å². The maximum Gasteiger partial charge on any atom is 0.241 e. The lowest BCUT2D eigenvalue weighted by Crippen LogP contribution is -2.49. The minimum Gasteiger partial charge on any atom is -0.503 e. The summed E-state index contributed by atoms with van der Waals surface area (Å²) in [6.07, 6.45) is 2.38. The highest BCUT2D eigenvalue weighted by atomic mass is 79.9. The summed E-state index contributed by atoms with van der Waals surface area (Å²) in [7, 11) is 1.40. The first-order valence-electron chi connectivity index (χ1n) is 12.5. The van der Waals surface area contributed by atoms with E-state index in [4.69, 9.17) is 16.3 Å². The molecule has 1 saturated carbocycles. The summed E-state index contributed by atoms with van der Waals surface area (Å²) in [4.78, 5) is 55.1. The molecule has 0 spiro atoms. The monoisotopic (exact) mass is 694 g/mol. The average molecular weight is 697 g/mol. The number of imide groups is 2. The van der Waals surface area contributed by atoms with Crippen molar-refractivity contribution in [1.29, 1.82) is 0 Å². The fourth-order valence-corrected chi connectivity index (χ4v) is 8.25. The Bertz CT molecular complexity index is 1580. The van der Waals surface area contributed by atoms with Crippen LogP contribution >= 0.6 is 43.5 Å². The Morgan fingerprint density at radius 1 is 1.12 bits per heavy atom. The molecule has 0 aromatic heterocycles. The quantitative estimate of drug-likeness (QED) is 0.336. The second-order valence-corrected chi connectivity index (χ2v) is 12.8. The molecule has 2 aromatic rings. The van der Waals surface area contributed by atoms with Gasteiger partial charge in [0.05, 0.1) is 45.5 Å². The summed E-state index contributed by atoms with van der Waals surface area (Å²) in [6, 6.07) is 5.28. The lowest BCUT2D eigenvalue weighted by Gasteiger charge is -2.49. The van der Waals surface area contributed by atoms with Crippen LogP contribution in [-0.4, -0.2) is 35.8 Å². The van der Waals surface area contributed by atoms with Gasteiger partial charge in [-0.05, 0) is 87.4 Å². The molecule has 6 atom stereocenters. The Hall–Kier alpha value is -2.76. The third-order valence-corrected chi connectivity index (χ3v) is 11.4. The van der Waals surface area contributed by atoms with Gasteiger partial charge in [-0.2, -0.15) is 0 Å². The second kappa shape index (κ2) is 9.39. The lowest BCUT2D eigenvalue weighted by molar-refractivity contribution is -0.131. The molecule has 2 aliphatic heterocycles. The number of nitrogens with one attached hydrogen (secondary N) is 1. The van der Waals surface area contributed by atoms with E-state index in [0.717, 1.165) is 16.5 Å². The van der Waals surface area contributed by atoms with E-state index in [1.165, 1.54) is 19.2 Å². The van der Waals surface area contributed by atoms with Crippen molar-refractivity contribution in [3.05, 3.63) is 61.3 Å². The number of halogens is 4. The molecule has 2 N–H and O–H groups in total. The van der Waals surface area contributed by atoms with Gasteiger partial charge in [-0.1, -0.05) is 23.3 Å². The zero-order valence-corrected chi connectivity index (χ0v) is 25.1. The molecule has 2 aliphatic carbocycles. The van der Waals surface area contributed by atoms with Crippen LogP contribution in [0, 0.1) is 34.9 Å². The fourth-order valence-electron chi connectivity index (χ4n) is 7.12. The summed E-state index contributed by atoms with van der Waals surface area (Å²) in [5.74, 6) is -5.77. The zero-order chi connectivity index (χ0) is 28.8. The number of nitrogens with zero attached hydrogens (tertiary/aromatic N) is 1. The SMILES string of the molecule is COc1cc(C2C3=CCC4C(=O)NC(=O)C4C3CC3C(=O)N(c4ccc(F)c(Cl)c4)C(=O)C32C)c(Br)c(Br)c1O. The van der Waals surface area contributed by atoms with Gasteiger partial charge in [-0.3, -0.25) is 24.5 Å². The topological polar surface area (TPSA) is 113 Å². The number of ether oxygens (including phenoxy) is 1. The van der Waals surface area contributed by atoms with Crippen LogP contribution in [0.1, 0.15) is 31.2 Å². The lowest BCUT2D eigenvalue weighted by atomic mass is 9.51. The third kappa shape index (κ3) is 3.59. The summed E-state index contributed by atoms with van der Waals surface area (Å²) < 4.78 is 20.1. The number of phenolic OH excluding ortho intramolecular Hbond substituents is 1. The second-order valence-electron chi connectivity index (χ2n) is 10.8. The van der Waals surface area contributed by atoms with Crippen molar-refractivity contribution >= 4 is 72.8 Å². The van der Waals surface area contributed by atoms with Crippen LogP contribution in [0.4, 0.5) is 10.1 Å². The van der Waals surface area contributed by atoms with E-state index in [2.05, 4.69) is 37.2 Å². The van der Waals surface area contributed by atoms with Gasteiger partial charge < -0.3 is 9.84 Å². The van der Waals surface area contributed by atoms with Gasteiger partial charge in [0.25, 0.3) is 0 Å². The molecule has 6 rings (SSSR count). The Morgan fingerprint density at radius 2 is 1.85 bits per heavy atom. The molecule has 4 aliphatic rings. The number of fused-ring (bicyclic) bond motifs is 4. The average Bonchev–Trinajstić information content (AvgIpc) is 3.32. The van der Waals surface area contributed by atoms with Crippen molar-refractivity contribution in [3.8, 4) is 11.5 Å². The summed E-state index contributed by atoms with van der Waals surface area (Å²) in [5.41, 5.74) is 0.137. The number of rotatable bonds is 3. The van der Waals surface area contributed by atoms with Gasteiger partial charge in [0.1, 0.15) is 5.82 Å². The van der Waals surface area contributed by atoms with Crippen molar-refractivity contribution in [2.45, 2.75) is 25.7 Å². The number of phenols is 1. The highest BCUT2D eigenvalue weighted by molar-refractivity contribution is 9.13. The minimum atomic E-state index is -1.34. The van der Waals surface area contributed by atoms with Crippen LogP contribution in [0.2, 0.25) is 5.02 Å². The molecule has 2 heterocycles. The number of benzene rings is 2. The highest BCUT2D eigenvalue weighted by Gasteiger charge is 2.67. The molecule has 4 amide bonds. The number of carbonyl (C=O) groups is 4. The number of anilines is 1. The first-order chi connectivity index (χ1) is 18.9. The molecule has 0 bridgehead atoms. The first kappa shape index (κ1) is 27.4. The standard InChI is InChI=1S/C28H22Br2ClFN2O6/c1-28-15(26(38)34(27(28)39)10-3-6-17(32)16(31)7-10)8-13-11(4-5-12-19(13)25(37)33-24(12)36)20(28)14-9-18(40-2)23(35)22(30)21(14)29/h3-4,6-7,9,12-13,15,19-20,35H,5,8H2,1-2H3,(H,33,36,37). The molecule has 6 unspecified atom stereocenters. The maximum atomic E-state index is 14.4. The van der Waals surface area contributed by atoms with Gasteiger partial charge in [0, 0.05) is 10.4 Å². The van der Waals surface area contributed by atoms with Crippen LogP contribution in [0.3, 0.4) is 0 Å². The van der Waals surface area contributed by atoms with Gasteiger partial charge in [0.15, 0.2) is 11.5 Å². The van der Waals surface area contributed by atoms with E-state index in [9.17, 15) is 28.7 Å². The smallest absolute Gasteiger partial charge is 0.241 e. The van der Waals surface area contributed by atoms with Crippen molar-refractivity contribution in [2.24, 2.45) is 29.1 Å².